The molecular weight excluding hydrogens is 408 g/mol. The van der Waals surface area contributed by atoms with Crippen LogP contribution < -0.4 is 10.1 Å². The lowest BCUT2D eigenvalue weighted by Crippen LogP contribution is -2.06. The summed E-state index contributed by atoms with van der Waals surface area (Å²) < 4.78 is 10.9. The number of nitrogens with one attached hydrogen (secondary N) is 1. The topological polar surface area (TPSA) is 64.4 Å². The third kappa shape index (κ3) is 4.85. The Bertz CT molecular complexity index is 1200. The molecule has 0 aliphatic heterocycles. The second-order valence-corrected chi connectivity index (χ2v) is 7.87. The molecule has 0 fully saturated rings. The Morgan fingerprint density at radius 2 is 2.17 bits per heavy atom. The number of rotatable bonds is 6. The minimum absolute atomic E-state index is 0.272. The molecule has 0 saturated carbocycles. The fraction of sp³-hybridized carbons (Fsp3) is 0.0909. The normalized spacial score (nSPS) is 11.2. The standard InChI is InChI=1S/C22H17ClN2O3S/c1-27-17-5-7-20-15(11-17)12-18(28-20)6-8-21(26)25-22-24-13-19(29-22)10-14-3-2-4-16(23)9-14/h2-9,11-13H,10H2,1H3,(H,24,25,26). The van der Waals surface area contributed by atoms with Crippen molar-refractivity contribution in [1.82, 2.24) is 4.98 Å². The number of nitrogens with zero attached hydrogens (tertiary/aromatic N) is 1. The van der Waals surface area contributed by atoms with Gasteiger partial charge in [0.2, 0.25) is 5.91 Å². The zero-order chi connectivity index (χ0) is 20.2. The third-order valence-corrected chi connectivity index (χ3v) is 5.34. The molecule has 0 saturated heterocycles. The number of ether oxygens (including phenoxy) is 1. The van der Waals surface area contributed by atoms with Crippen LogP contribution >= 0.6 is 22.9 Å². The smallest absolute Gasteiger partial charge is 0.250 e. The van der Waals surface area contributed by atoms with E-state index in [0.29, 0.717) is 22.3 Å². The molecule has 0 atom stereocenters. The Labute approximate surface area is 176 Å². The predicted octanol–water partition coefficient (Wildman–Crippen LogP) is 5.79. The van der Waals surface area contributed by atoms with Crippen molar-refractivity contribution >= 4 is 51.0 Å². The van der Waals surface area contributed by atoms with Crippen molar-refractivity contribution in [1.29, 1.82) is 0 Å². The number of thiazole rings is 1. The van der Waals surface area contributed by atoms with Crippen LogP contribution in [-0.4, -0.2) is 18.0 Å². The van der Waals surface area contributed by atoms with Crippen LogP contribution in [-0.2, 0) is 11.2 Å². The summed E-state index contributed by atoms with van der Waals surface area (Å²) in [5, 5.41) is 4.94. The average Bonchev–Trinajstić information content (AvgIpc) is 3.32. The summed E-state index contributed by atoms with van der Waals surface area (Å²) in [4.78, 5) is 17.5. The number of halogens is 1. The number of furan rings is 1. The second-order valence-electron chi connectivity index (χ2n) is 6.31. The summed E-state index contributed by atoms with van der Waals surface area (Å²) in [6, 6.07) is 15.1. The van der Waals surface area contributed by atoms with Crippen LogP contribution in [0.15, 0.2) is 65.2 Å². The van der Waals surface area contributed by atoms with E-state index in [1.54, 1.807) is 19.4 Å². The summed E-state index contributed by atoms with van der Waals surface area (Å²) in [6.07, 6.45) is 5.53. The summed E-state index contributed by atoms with van der Waals surface area (Å²) in [6.45, 7) is 0. The molecule has 0 bridgehead atoms. The number of hydrogen-bond donors (Lipinski definition) is 1. The van der Waals surface area contributed by atoms with Gasteiger partial charge in [0.25, 0.3) is 0 Å². The molecule has 2 heterocycles. The second kappa shape index (κ2) is 8.51. The maximum absolute atomic E-state index is 12.2. The molecule has 0 aliphatic rings. The van der Waals surface area contributed by atoms with Gasteiger partial charge >= 0.3 is 0 Å². The number of aromatic nitrogens is 1. The van der Waals surface area contributed by atoms with Crippen LogP contribution in [0, 0.1) is 0 Å². The molecule has 1 amide bonds. The molecule has 4 aromatic rings. The molecule has 7 heteroatoms. The molecular formula is C22H17ClN2O3S. The highest BCUT2D eigenvalue weighted by molar-refractivity contribution is 7.15. The average molecular weight is 425 g/mol. The van der Waals surface area contributed by atoms with E-state index in [1.165, 1.54) is 17.4 Å². The maximum atomic E-state index is 12.2. The summed E-state index contributed by atoms with van der Waals surface area (Å²) in [5.74, 6) is 1.07. The fourth-order valence-electron chi connectivity index (χ4n) is 2.85. The highest BCUT2D eigenvalue weighted by atomic mass is 35.5. The van der Waals surface area contributed by atoms with Crippen LogP contribution in [0.1, 0.15) is 16.2 Å². The third-order valence-electron chi connectivity index (χ3n) is 4.19. The predicted molar refractivity (Wildman–Crippen MR) is 117 cm³/mol. The van der Waals surface area contributed by atoms with Crippen molar-refractivity contribution in [3.63, 3.8) is 0 Å². The van der Waals surface area contributed by atoms with E-state index in [4.69, 9.17) is 20.8 Å². The SMILES string of the molecule is COc1ccc2oc(C=CC(=O)Nc3ncc(Cc4cccc(Cl)c4)s3)cc2c1. The van der Waals surface area contributed by atoms with Crippen LogP contribution in [0.3, 0.4) is 0 Å². The van der Waals surface area contributed by atoms with Gasteiger partial charge in [0.15, 0.2) is 5.13 Å². The van der Waals surface area contributed by atoms with E-state index >= 15 is 0 Å². The molecule has 2 aromatic carbocycles. The number of hydrogen-bond acceptors (Lipinski definition) is 5. The van der Waals surface area contributed by atoms with Gasteiger partial charge in [-0.1, -0.05) is 23.7 Å². The maximum Gasteiger partial charge on any atom is 0.250 e. The Hall–Kier alpha value is -3.09. The molecule has 0 aliphatic carbocycles. The van der Waals surface area contributed by atoms with Gasteiger partial charge in [-0.3, -0.25) is 10.1 Å². The summed E-state index contributed by atoms with van der Waals surface area (Å²) in [7, 11) is 1.62. The first-order chi connectivity index (χ1) is 14.1. The number of amides is 1. The van der Waals surface area contributed by atoms with Crippen LogP contribution in [0.5, 0.6) is 5.75 Å². The van der Waals surface area contributed by atoms with E-state index in [0.717, 1.165) is 27.2 Å². The summed E-state index contributed by atoms with van der Waals surface area (Å²) in [5.41, 5.74) is 1.83. The zero-order valence-corrected chi connectivity index (χ0v) is 17.1. The molecule has 0 radical (unpaired) electrons. The highest BCUT2D eigenvalue weighted by Crippen LogP contribution is 2.25. The molecule has 29 heavy (non-hydrogen) atoms. The van der Waals surface area contributed by atoms with Gasteiger partial charge in [-0.25, -0.2) is 4.98 Å². The summed E-state index contributed by atoms with van der Waals surface area (Å²) >= 11 is 7.45. The minimum atomic E-state index is -0.272. The molecule has 4 rings (SSSR count). The zero-order valence-electron chi connectivity index (χ0n) is 15.5. The van der Waals surface area contributed by atoms with Gasteiger partial charge < -0.3 is 9.15 Å². The molecule has 0 spiro atoms. The minimum Gasteiger partial charge on any atom is -0.497 e. The first-order valence-corrected chi connectivity index (χ1v) is 10.0. The molecule has 0 unspecified atom stereocenters. The van der Waals surface area contributed by atoms with E-state index in [2.05, 4.69) is 10.3 Å². The van der Waals surface area contributed by atoms with E-state index in [-0.39, 0.29) is 5.91 Å². The van der Waals surface area contributed by atoms with E-state index in [9.17, 15) is 4.79 Å². The van der Waals surface area contributed by atoms with Crippen molar-refractivity contribution in [3.05, 3.63) is 82.0 Å². The quantitative estimate of drug-likeness (QED) is 0.397. The molecule has 2 aromatic heterocycles. The van der Waals surface area contributed by atoms with Crippen molar-refractivity contribution < 1.29 is 13.9 Å². The van der Waals surface area contributed by atoms with Gasteiger partial charge in [0, 0.05) is 34.0 Å². The number of carbonyl (C=O) groups excluding carboxylic acids is 1. The Balaban J connectivity index is 1.39. The van der Waals surface area contributed by atoms with E-state index in [1.807, 2.05) is 48.5 Å². The first-order valence-electron chi connectivity index (χ1n) is 8.85. The van der Waals surface area contributed by atoms with Crippen LogP contribution in [0.4, 0.5) is 5.13 Å². The number of methoxy groups -OCH3 is 1. The largest absolute Gasteiger partial charge is 0.497 e. The highest BCUT2D eigenvalue weighted by Gasteiger charge is 2.07. The number of anilines is 1. The molecule has 1 N–H and O–H groups in total. The van der Waals surface area contributed by atoms with Gasteiger partial charge in [-0.2, -0.15) is 0 Å². The lowest BCUT2D eigenvalue weighted by atomic mass is 10.1. The lowest BCUT2D eigenvalue weighted by molar-refractivity contribution is -0.111. The van der Waals surface area contributed by atoms with Gasteiger partial charge in [-0.15, -0.1) is 11.3 Å². The van der Waals surface area contributed by atoms with E-state index < -0.39 is 0 Å². The number of benzene rings is 2. The Morgan fingerprint density at radius 1 is 1.28 bits per heavy atom. The van der Waals surface area contributed by atoms with Crippen molar-refractivity contribution in [3.8, 4) is 5.75 Å². The van der Waals surface area contributed by atoms with Crippen molar-refractivity contribution in [2.45, 2.75) is 6.42 Å². The lowest BCUT2D eigenvalue weighted by Gasteiger charge is -1.98. The first kappa shape index (κ1) is 19.2. The number of carbonyl (C=O) groups is 1. The van der Waals surface area contributed by atoms with Gasteiger partial charge in [0.1, 0.15) is 17.1 Å². The molecule has 146 valence electrons. The van der Waals surface area contributed by atoms with Crippen LogP contribution in [0.25, 0.3) is 17.0 Å². The van der Waals surface area contributed by atoms with Gasteiger partial charge in [-0.05, 0) is 48.0 Å². The van der Waals surface area contributed by atoms with Gasteiger partial charge in [0.05, 0.1) is 7.11 Å². The van der Waals surface area contributed by atoms with Crippen molar-refractivity contribution in [2.75, 3.05) is 12.4 Å². The van der Waals surface area contributed by atoms with Crippen LogP contribution in [0.2, 0.25) is 5.02 Å². The van der Waals surface area contributed by atoms with Crippen molar-refractivity contribution in [2.24, 2.45) is 0 Å². The monoisotopic (exact) mass is 424 g/mol. The Morgan fingerprint density at radius 3 is 3.00 bits per heavy atom. The Kier molecular flexibility index (Phi) is 5.64. The number of fused-ring (bicyclic) bond motifs is 1. The fourth-order valence-corrected chi connectivity index (χ4v) is 3.91. The molecule has 5 nitrogen and oxygen atoms in total.